The van der Waals surface area contributed by atoms with E-state index in [0.29, 0.717) is 17.5 Å². The van der Waals surface area contributed by atoms with Gasteiger partial charge < -0.3 is 14.2 Å². The second-order valence-electron chi connectivity index (χ2n) is 7.97. The first-order valence-corrected chi connectivity index (χ1v) is 9.36. The van der Waals surface area contributed by atoms with Crippen LogP contribution in [0.15, 0.2) is 11.0 Å². The number of allylic oxidation sites excluding steroid dienone is 1. The van der Waals surface area contributed by atoms with E-state index >= 15 is 0 Å². The average molecular weight is 350 g/mol. The number of nitriles is 1. The van der Waals surface area contributed by atoms with E-state index in [-0.39, 0.29) is 0 Å². The van der Waals surface area contributed by atoms with Crippen LogP contribution in [-0.2, 0) is 0 Å². The summed E-state index contributed by atoms with van der Waals surface area (Å²) in [5, 5.41) is 9.78. The van der Waals surface area contributed by atoms with Crippen molar-refractivity contribution in [2.24, 2.45) is 0 Å². The van der Waals surface area contributed by atoms with Gasteiger partial charge in [0.05, 0.1) is 11.3 Å². The van der Waals surface area contributed by atoms with E-state index in [1.807, 2.05) is 13.8 Å². The smallest absolute Gasteiger partial charge is 0.198 e. The van der Waals surface area contributed by atoms with Gasteiger partial charge in [0.15, 0.2) is 11.5 Å². The first kappa shape index (κ1) is 17.1. The minimum Gasteiger partial charge on any atom is -0.438 e. The lowest BCUT2D eigenvalue weighted by molar-refractivity contribution is 0.315. The topological polar surface area (TPSA) is 56.3 Å². The molecule has 5 heteroatoms. The van der Waals surface area contributed by atoms with Crippen molar-refractivity contribution in [1.82, 2.24) is 9.88 Å². The molecule has 2 aromatic rings. The number of likely N-dealkylation sites (N-methyl/N-ethyl adjacent to an activating group) is 1. The number of oxazole rings is 1. The highest BCUT2D eigenvalue weighted by Gasteiger charge is 2.34. The lowest BCUT2D eigenvalue weighted by Crippen LogP contribution is -2.31. The second kappa shape index (κ2) is 6.14. The summed E-state index contributed by atoms with van der Waals surface area (Å²) >= 11 is 0. The van der Waals surface area contributed by atoms with E-state index in [0.717, 1.165) is 71.7 Å². The zero-order valence-electron chi connectivity index (χ0n) is 16.1. The molecule has 2 aliphatic rings. The highest BCUT2D eigenvalue weighted by molar-refractivity contribution is 5.99. The van der Waals surface area contributed by atoms with Crippen LogP contribution in [-0.4, -0.2) is 43.1 Å². The van der Waals surface area contributed by atoms with Gasteiger partial charge in [-0.1, -0.05) is 6.58 Å². The normalized spacial score (nSPS) is 20.2. The summed E-state index contributed by atoms with van der Waals surface area (Å²) in [6.07, 6.45) is 3.37. The molecule has 2 heterocycles. The average Bonchev–Trinajstić information content (AvgIpc) is 3.16. The molecule has 0 N–H and O–H groups in total. The number of rotatable bonds is 4. The maximum atomic E-state index is 9.78. The Morgan fingerprint density at radius 2 is 2.08 bits per heavy atom. The van der Waals surface area contributed by atoms with Crippen molar-refractivity contribution in [1.29, 1.82) is 5.26 Å². The van der Waals surface area contributed by atoms with Crippen LogP contribution in [0.4, 0.5) is 5.69 Å². The molecule has 1 saturated heterocycles. The van der Waals surface area contributed by atoms with Crippen LogP contribution in [0.3, 0.4) is 0 Å². The van der Waals surface area contributed by atoms with Crippen LogP contribution in [0.1, 0.15) is 54.7 Å². The summed E-state index contributed by atoms with van der Waals surface area (Å²) < 4.78 is 6.26. The van der Waals surface area contributed by atoms with Crippen molar-refractivity contribution in [2.75, 3.05) is 32.1 Å². The van der Waals surface area contributed by atoms with Gasteiger partial charge in [0.2, 0.25) is 0 Å². The lowest BCUT2D eigenvalue weighted by Gasteiger charge is -2.25. The molecule has 0 unspecified atom stereocenters. The zero-order chi connectivity index (χ0) is 18.6. The quantitative estimate of drug-likeness (QED) is 0.832. The third-order valence-corrected chi connectivity index (χ3v) is 5.76. The predicted molar refractivity (Wildman–Crippen MR) is 104 cm³/mol. The molecule has 0 amide bonds. The Hall–Kier alpha value is -2.32. The Bertz CT molecular complexity index is 930. The molecule has 26 heavy (non-hydrogen) atoms. The summed E-state index contributed by atoms with van der Waals surface area (Å²) in [6.45, 7) is 10.1. The van der Waals surface area contributed by atoms with Crippen molar-refractivity contribution in [3.8, 4) is 6.07 Å². The molecular formula is C21H26N4O. The van der Waals surface area contributed by atoms with Crippen LogP contribution in [0.25, 0.3) is 16.7 Å². The van der Waals surface area contributed by atoms with Crippen LogP contribution in [0.5, 0.6) is 0 Å². The minimum atomic E-state index is 0.420. The van der Waals surface area contributed by atoms with Gasteiger partial charge in [0.1, 0.15) is 11.6 Å². The molecule has 5 nitrogen and oxygen atoms in total. The molecule has 2 fully saturated rings. The van der Waals surface area contributed by atoms with Crippen LogP contribution in [0, 0.1) is 18.3 Å². The van der Waals surface area contributed by atoms with Gasteiger partial charge in [0, 0.05) is 30.6 Å². The SMILES string of the molecule is C=C(C)c1c(C)c(C#N)c2nc(C3CC3)oc2c1N1CC[C@H](N(C)C)C1. The van der Waals surface area contributed by atoms with Gasteiger partial charge in [-0.3, -0.25) is 0 Å². The Labute approximate surface area is 154 Å². The van der Waals surface area contributed by atoms with E-state index in [1.165, 1.54) is 0 Å². The fourth-order valence-electron chi connectivity index (χ4n) is 4.09. The molecule has 1 aliphatic carbocycles. The molecule has 4 rings (SSSR count). The monoisotopic (exact) mass is 350 g/mol. The fourth-order valence-corrected chi connectivity index (χ4v) is 4.09. The molecule has 0 spiro atoms. The highest BCUT2D eigenvalue weighted by Crippen LogP contribution is 2.45. The van der Waals surface area contributed by atoms with Crippen molar-refractivity contribution >= 4 is 22.4 Å². The molecule has 136 valence electrons. The van der Waals surface area contributed by atoms with Crippen LogP contribution >= 0.6 is 0 Å². The van der Waals surface area contributed by atoms with Crippen molar-refractivity contribution < 1.29 is 4.42 Å². The third kappa shape index (κ3) is 2.60. The van der Waals surface area contributed by atoms with Gasteiger partial charge in [0.25, 0.3) is 0 Å². The molecule has 1 atom stereocenters. The summed E-state index contributed by atoms with van der Waals surface area (Å²) in [5.41, 5.74) is 6.17. The molecular weight excluding hydrogens is 324 g/mol. The van der Waals surface area contributed by atoms with Crippen molar-refractivity contribution in [3.63, 3.8) is 0 Å². The number of hydrogen-bond donors (Lipinski definition) is 0. The Morgan fingerprint density at radius 3 is 2.62 bits per heavy atom. The molecule has 0 radical (unpaired) electrons. The van der Waals surface area contributed by atoms with E-state index in [2.05, 4.69) is 36.5 Å². The van der Waals surface area contributed by atoms with Crippen LogP contribution in [0.2, 0.25) is 0 Å². The predicted octanol–water partition coefficient (Wildman–Crippen LogP) is 4.06. The maximum Gasteiger partial charge on any atom is 0.198 e. The van der Waals surface area contributed by atoms with E-state index < -0.39 is 0 Å². The Morgan fingerprint density at radius 1 is 1.35 bits per heavy atom. The van der Waals surface area contributed by atoms with Gasteiger partial charge in [-0.25, -0.2) is 4.98 Å². The largest absolute Gasteiger partial charge is 0.438 e. The number of aromatic nitrogens is 1. The summed E-state index contributed by atoms with van der Waals surface area (Å²) in [5.74, 6) is 1.21. The number of nitrogens with zero attached hydrogens (tertiary/aromatic N) is 4. The van der Waals surface area contributed by atoms with Gasteiger partial charge in [-0.15, -0.1) is 0 Å². The maximum absolute atomic E-state index is 9.78. The number of hydrogen-bond acceptors (Lipinski definition) is 5. The molecule has 1 saturated carbocycles. The zero-order valence-corrected chi connectivity index (χ0v) is 16.1. The first-order valence-electron chi connectivity index (χ1n) is 9.36. The summed E-state index contributed by atoms with van der Waals surface area (Å²) in [7, 11) is 4.26. The number of benzene rings is 1. The second-order valence-corrected chi connectivity index (χ2v) is 7.97. The molecule has 1 aromatic heterocycles. The third-order valence-electron chi connectivity index (χ3n) is 5.76. The summed E-state index contributed by atoms with van der Waals surface area (Å²) in [6, 6.07) is 2.88. The van der Waals surface area contributed by atoms with Crippen molar-refractivity contribution in [2.45, 2.75) is 45.1 Å². The molecule has 0 bridgehead atoms. The van der Waals surface area contributed by atoms with E-state index in [4.69, 9.17) is 9.40 Å². The van der Waals surface area contributed by atoms with E-state index in [9.17, 15) is 5.26 Å². The van der Waals surface area contributed by atoms with Gasteiger partial charge in [-0.05, 0) is 58.3 Å². The summed E-state index contributed by atoms with van der Waals surface area (Å²) in [4.78, 5) is 9.41. The van der Waals surface area contributed by atoms with Gasteiger partial charge >= 0.3 is 0 Å². The standard InChI is InChI=1S/C21H26N4O/c1-12(2)17-13(3)16(10-22)18-20(26-21(23-18)14-6-7-14)19(17)25-9-8-15(11-25)24(4)5/h14-15H,1,6-9,11H2,2-5H3/t15-/m0/s1. The molecule has 1 aliphatic heterocycles. The van der Waals surface area contributed by atoms with Gasteiger partial charge in [-0.2, -0.15) is 5.26 Å². The first-order chi connectivity index (χ1) is 12.4. The number of anilines is 1. The van der Waals surface area contributed by atoms with E-state index in [1.54, 1.807) is 0 Å². The Kier molecular flexibility index (Phi) is 4.04. The van der Waals surface area contributed by atoms with Crippen LogP contribution < -0.4 is 4.90 Å². The fraction of sp³-hybridized carbons (Fsp3) is 0.524. The van der Waals surface area contributed by atoms with Crippen molar-refractivity contribution in [3.05, 3.63) is 29.2 Å². The number of fused-ring (bicyclic) bond motifs is 1. The minimum absolute atomic E-state index is 0.420. The lowest BCUT2D eigenvalue weighted by atomic mass is 9.94. The Balaban J connectivity index is 1.96. The molecule has 1 aromatic carbocycles. The highest BCUT2D eigenvalue weighted by atomic mass is 16.4.